The smallest absolute Gasteiger partial charge is 0.284 e. The highest BCUT2D eigenvalue weighted by molar-refractivity contribution is 7.98. The van der Waals surface area contributed by atoms with Crippen LogP contribution in [0.4, 0.5) is 14.5 Å². The van der Waals surface area contributed by atoms with Gasteiger partial charge in [-0.3, -0.25) is 4.79 Å². The number of fused-ring (bicyclic) bond motifs is 1. The lowest BCUT2D eigenvalue weighted by atomic mass is 10.1. The van der Waals surface area contributed by atoms with Gasteiger partial charge >= 0.3 is 0 Å². The molecule has 26 heavy (non-hydrogen) atoms. The third-order valence-electron chi connectivity index (χ3n) is 3.59. The number of alkyl halides is 2. The number of carbonyl (C=O) groups is 1. The molecule has 0 atom stereocenters. The van der Waals surface area contributed by atoms with Crippen molar-refractivity contribution < 1.29 is 18.0 Å². The lowest BCUT2D eigenvalue weighted by Crippen LogP contribution is -2.30. The highest BCUT2D eigenvalue weighted by Gasteiger charge is 2.32. The fourth-order valence-electron chi connectivity index (χ4n) is 2.50. The van der Waals surface area contributed by atoms with Crippen molar-refractivity contribution >= 4 is 35.3 Å². The molecule has 0 bridgehead atoms. The van der Waals surface area contributed by atoms with Gasteiger partial charge in [0.15, 0.2) is 5.71 Å². The summed E-state index contributed by atoms with van der Waals surface area (Å²) in [5.74, 6) is -1.83. The van der Waals surface area contributed by atoms with E-state index in [1.807, 2.05) is 18.2 Å². The Morgan fingerprint density at radius 2 is 2.08 bits per heavy atom. The summed E-state index contributed by atoms with van der Waals surface area (Å²) in [6.07, 6.45) is 2.98. The largest absolute Gasteiger partial charge is 0.459 e. The van der Waals surface area contributed by atoms with E-state index in [4.69, 9.17) is 4.42 Å². The van der Waals surface area contributed by atoms with Crippen molar-refractivity contribution in [3.63, 3.8) is 0 Å². The van der Waals surface area contributed by atoms with Crippen molar-refractivity contribution in [2.75, 3.05) is 11.4 Å². The minimum atomic E-state index is -2.45. The van der Waals surface area contributed by atoms with Crippen molar-refractivity contribution in [3.05, 3.63) is 66.1 Å². The molecule has 0 aliphatic carbocycles. The van der Waals surface area contributed by atoms with Gasteiger partial charge in [0.05, 0.1) is 17.7 Å². The zero-order valence-corrected chi connectivity index (χ0v) is 14.5. The predicted octanol–water partition coefficient (Wildman–Crippen LogP) is 4.09. The third-order valence-corrected chi connectivity index (χ3v) is 4.29. The number of halogens is 2. The Hall–Kier alpha value is -2.74. The number of furan rings is 1. The molecule has 0 N–H and O–H groups in total. The number of nitrogens with zero attached hydrogens (tertiary/aromatic N) is 3. The summed E-state index contributed by atoms with van der Waals surface area (Å²) < 4.78 is 29.7. The fourth-order valence-corrected chi connectivity index (χ4v) is 2.94. The van der Waals surface area contributed by atoms with E-state index in [1.165, 1.54) is 6.21 Å². The Bertz CT molecular complexity index is 877. The molecule has 134 valence electrons. The Kier molecular flexibility index (Phi) is 5.62. The molecule has 0 radical (unpaired) electrons. The molecule has 0 fully saturated rings. The van der Waals surface area contributed by atoms with Crippen LogP contribution in [0.1, 0.15) is 17.1 Å². The number of para-hydroxylation sites is 1. The molecular weight excluding hydrogens is 360 g/mol. The van der Waals surface area contributed by atoms with E-state index in [2.05, 4.69) is 16.8 Å². The van der Waals surface area contributed by atoms with Crippen molar-refractivity contribution in [2.24, 2.45) is 10.2 Å². The van der Waals surface area contributed by atoms with E-state index < -0.39 is 5.76 Å². The first kappa shape index (κ1) is 18.1. The number of rotatable bonds is 7. The van der Waals surface area contributed by atoms with Crippen LogP contribution in [0.3, 0.4) is 0 Å². The topological polar surface area (TPSA) is 58.2 Å². The minimum absolute atomic E-state index is 0.0718. The van der Waals surface area contributed by atoms with Crippen LogP contribution in [0.25, 0.3) is 0 Å². The van der Waals surface area contributed by atoms with Crippen LogP contribution in [0, 0.1) is 0 Å². The number of anilines is 1. The van der Waals surface area contributed by atoms with E-state index in [0.717, 1.165) is 5.69 Å². The van der Waals surface area contributed by atoms with Crippen LogP contribution in [0.2, 0.25) is 0 Å². The number of hydrogen-bond acceptors (Lipinski definition) is 5. The monoisotopic (exact) mass is 375 g/mol. The molecule has 2 aromatic rings. The van der Waals surface area contributed by atoms with E-state index in [-0.39, 0.29) is 17.4 Å². The van der Waals surface area contributed by atoms with Gasteiger partial charge in [-0.15, -0.1) is 11.7 Å². The minimum Gasteiger partial charge on any atom is -0.459 e. The number of thioether (sulfide) groups is 1. The number of amides is 1. The van der Waals surface area contributed by atoms with Gasteiger partial charge in [-0.05, 0) is 18.2 Å². The van der Waals surface area contributed by atoms with E-state index in [0.29, 0.717) is 35.4 Å². The fraction of sp³-hybridized carbons (Fsp3) is 0.167. The molecule has 1 aliphatic rings. The Balaban J connectivity index is 1.77. The SMILES string of the molecule is C=CCN1C(=O)/C(=N/N=C\c2ccc(CSC(F)F)o2)c2ccccc21. The van der Waals surface area contributed by atoms with Gasteiger partial charge in [-0.1, -0.05) is 36.0 Å². The van der Waals surface area contributed by atoms with Gasteiger partial charge in [-0.25, -0.2) is 0 Å². The molecule has 1 aromatic heterocycles. The predicted molar refractivity (Wildman–Crippen MR) is 99.1 cm³/mol. The molecule has 3 rings (SSSR count). The average Bonchev–Trinajstić information content (AvgIpc) is 3.18. The first-order valence-corrected chi connectivity index (χ1v) is 8.76. The first-order chi connectivity index (χ1) is 12.6. The van der Waals surface area contributed by atoms with Gasteiger partial charge in [0, 0.05) is 12.1 Å². The van der Waals surface area contributed by atoms with Crippen LogP contribution < -0.4 is 4.90 Å². The highest BCUT2D eigenvalue weighted by atomic mass is 32.2. The molecular formula is C18H15F2N3O2S. The van der Waals surface area contributed by atoms with Crippen molar-refractivity contribution in [2.45, 2.75) is 11.5 Å². The second-order valence-electron chi connectivity index (χ2n) is 5.29. The summed E-state index contributed by atoms with van der Waals surface area (Å²) in [6, 6.07) is 10.5. The zero-order valence-electron chi connectivity index (χ0n) is 13.6. The maximum absolute atomic E-state index is 12.5. The highest BCUT2D eigenvalue weighted by Crippen LogP contribution is 2.29. The van der Waals surface area contributed by atoms with Crippen LogP contribution in [0.15, 0.2) is 63.7 Å². The van der Waals surface area contributed by atoms with Crippen molar-refractivity contribution in [1.29, 1.82) is 0 Å². The molecule has 0 saturated carbocycles. The Labute approximate surface area is 153 Å². The maximum Gasteiger partial charge on any atom is 0.284 e. The average molecular weight is 375 g/mol. The number of benzene rings is 1. The molecule has 1 aliphatic heterocycles. The second kappa shape index (κ2) is 8.09. The van der Waals surface area contributed by atoms with Crippen molar-refractivity contribution in [1.82, 2.24) is 0 Å². The zero-order chi connectivity index (χ0) is 18.5. The maximum atomic E-state index is 12.5. The number of carbonyl (C=O) groups excluding carboxylic acids is 1. The van der Waals surface area contributed by atoms with Crippen LogP contribution >= 0.6 is 11.8 Å². The summed E-state index contributed by atoms with van der Waals surface area (Å²) in [7, 11) is 0. The molecule has 0 saturated heterocycles. The van der Waals surface area contributed by atoms with Gasteiger partial charge in [-0.2, -0.15) is 13.9 Å². The van der Waals surface area contributed by atoms with E-state index in [1.54, 1.807) is 29.2 Å². The standard InChI is InChI=1S/C18H15F2N3O2S/c1-2-9-23-15-6-4-3-5-14(15)16(17(23)24)22-21-10-12-7-8-13(25-12)11-26-18(19)20/h2-8,10,18H,1,9,11H2/b21-10-,22-16+. The van der Waals surface area contributed by atoms with E-state index >= 15 is 0 Å². The molecule has 1 amide bonds. The van der Waals surface area contributed by atoms with Crippen molar-refractivity contribution in [3.8, 4) is 0 Å². The van der Waals surface area contributed by atoms with Gasteiger partial charge in [0.2, 0.25) is 0 Å². The molecule has 0 unspecified atom stereocenters. The molecule has 0 spiro atoms. The summed E-state index contributed by atoms with van der Waals surface area (Å²) >= 11 is 0.482. The summed E-state index contributed by atoms with van der Waals surface area (Å²) in [6.45, 7) is 4.04. The normalized spacial score (nSPS) is 15.4. The summed E-state index contributed by atoms with van der Waals surface area (Å²) in [5.41, 5.74) is 1.69. The van der Waals surface area contributed by atoms with E-state index in [9.17, 15) is 13.6 Å². The molecule has 5 nitrogen and oxygen atoms in total. The van der Waals surface area contributed by atoms with Gasteiger partial charge in [0.1, 0.15) is 11.5 Å². The van der Waals surface area contributed by atoms with Gasteiger partial charge < -0.3 is 9.32 Å². The first-order valence-electron chi connectivity index (χ1n) is 7.72. The molecule has 1 aromatic carbocycles. The second-order valence-corrected chi connectivity index (χ2v) is 6.27. The lowest BCUT2D eigenvalue weighted by Gasteiger charge is -2.13. The van der Waals surface area contributed by atoms with Gasteiger partial charge in [0.25, 0.3) is 11.7 Å². The van der Waals surface area contributed by atoms with Crippen LogP contribution in [0.5, 0.6) is 0 Å². The van der Waals surface area contributed by atoms with Crippen LogP contribution in [-0.4, -0.2) is 30.1 Å². The lowest BCUT2D eigenvalue weighted by molar-refractivity contribution is -0.112. The quantitative estimate of drug-likeness (QED) is 0.416. The Morgan fingerprint density at radius 1 is 1.27 bits per heavy atom. The third kappa shape index (κ3) is 3.91. The molecule has 2 heterocycles. The van der Waals surface area contributed by atoms with Crippen LogP contribution in [-0.2, 0) is 10.5 Å². The number of hydrogen-bond donors (Lipinski definition) is 0. The summed E-state index contributed by atoms with van der Waals surface area (Å²) in [4.78, 5) is 14.1. The molecule has 8 heteroatoms. The summed E-state index contributed by atoms with van der Waals surface area (Å²) in [5, 5.41) is 7.95. The Morgan fingerprint density at radius 3 is 2.85 bits per heavy atom.